The zero-order valence-electron chi connectivity index (χ0n) is 10.5. The van der Waals surface area contributed by atoms with Gasteiger partial charge in [-0.3, -0.25) is 9.59 Å². The minimum Gasteiger partial charge on any atom is -0.338 e. The van der Waals surface area contributed by atoms with Gasteiger partial charge < -0.3 is 9.88 Å². The van der Waals surface area contributed by atoms with Crippen molar-refractivity contribution in [1.82, 2.24) is 14.9 Å². The van der Waals surface area contributed by atoms with Crippen molar-refractivity contribution in [3.05, 3.63) is 27.6 Å². The highest BCUT2D eigenvalue weighted by Gasteiger charge is 2.11. The minimum absolute atomic E-state index is 0.00582. The molecule has 0 saturated heterocycles. The summed E-state index contributed by atoms with van der Waals surface area (Å²) in [5.74, 6) is 0.960. The highest BCUT2D eigenvalue weighted by Crippen LogP contribution is 2.14. The number of fused-ring (bicyclic) bond motifs is 1. The zero-order valence-corrected chi connectivity index (χ0v) is 12.1. The first-order chi connectivity index (χ1) is 9.11. The van der Waals surface area contributed by atoms with Gasteiger partial charge in [-0.15, -0.1) is 22.9 Å². The van der Waals surface area contributed by atoms with E-state index < -0.39 is 0 Å². The topological polar surface area (TPSA) is 66.1 Å². The number of amides is 1. The standard InChI is InChI=1S/C12H14ClN3O2S/c1-16(10(17)3-2-5-13)7-9-14-8-4-6-19-11(8)12(18)15-9/h4,6H,2-3,5,7H2,1H3,(H,14,15,18). The van der Waals surface area contributed by atoms with E-state index in [4.69, 9.17) is 11.6 Å². The number of hydrogen-bond donors (Lipinski definition) is 1. The summed E-state index contributed by atoms with van der Waals surface area (Å²) in [5, 5.41) is 1.83. The molecule has 2 rings (SSSR count). The van der Waals surface area contributed by atoms with Crippen LogP contribution in [0.4, 0.5) is 0 Å². The summed E-state index contributed by atoms with van der Waals surface area (Å²) in [5.41, 5.74) is 0.516. The molecule has 0 aliphatic heterocycles. The van der Waals surface area contributed by atoms with Crippen molar-refractivity contribution < 1.29 is 4.79 Å². The highest BCUT2D eigenvalue weighted by molar-refractivity contribution is 7.17. The Labute approximate surface area is 119 Å². The number of alkyl halides is 1. The number of aromatic amines is 1. The fourth-order valence-electron chi connectivity index (χ4n) is 1.72. The molecule has 1 amide bonds. The average Bonchev–Trinajstić information content (AvgIpc) is 2.84. The summed E-state index contributed by atoms with van der Waals surface area (Å²) in [6.45, 7) is 0.294. The molecule has 0 spiro atoms. The number of carbonyl (C=O) groups excluding carboxylic acids is 1. The van der Waals surface area contributed by atoms with Crippen LogP contribution in [0.5, 0.6) is 0 Å². The molecule has 0 atom stereocenters. The number of nitrogens with zero attached hydrogens (tertiary/aromatic N) is 2. The molecule has 0 aliphatic carbocycles. The van der Waals surface area contributed by atoms with Gasteiger partial charge in [0, 0.05) is 19.3 Å². The van der Waals surface area contributed by atoms with Gasteiger partial charge in [0.25, 0.3) is 5.56 Å². The smallest absolute Gasteiger partial charge is 0.268 e. The second-order valence-electron chi connectivity index (χ2n) is 4.19. The molecule has 1 N–H and O–H groups in total. The van der Waals surface area contributed by atoms with Gasteiger partial charge in [-0.1, -0.05) is 0 Å². The fourth-order valence-corrected chi connectivity index (χ4v) is 2.58. The number of halogens is 1. The monoisotopic (exact) mass is 299 g/mol. The first-order valence-corrected chi connectivity index (χ1v) is 7.29. The molecule has 0 bridgehead atoms. The van der Waals surface area contributed by atoms with Crippen LogP contribution >= 0.6 is 22.9 Å². The number of carbonyl (C=O) groups is 1. The van der Waals surface area contributed by atoms with Crippen molar-refractivity contribution in [2.24, 2.45) is 0 Å². The van der Waals surface area contributed by atoms with Gasteiger partial charge in [-0.25, -0.2) is 4.98 Å². The van der Waals surface area contributed by atoms with Gasteiger partial charge in [0.15, 0.2) is 0 Å². The van der Waals surface area contributed by atoms with Crippen molar-refractivity contribution >= 4 is 39.1 Å². The molecule has 2 aromatic rings. The maximum atomic E-state index is 11.8. The molecule has 7 heteroatoms. The third-order valence-electron chi connectivity index (χ3n) is 2.70. The molecule has 0 fully saturated rings. The number of rotatable bonds is 5. The van der Waals surface area contributed by atoms with Crippen LogP contribution in [-0.2, 0) is 11.3 Å². The molecule has 0 aliphatic rings. The van der Waals surface area contributed by atoms with E-state index >= 15 is 0 Å². The van der Waals surface area contributed by atoms with E-state index in [0.717, 1.165) is 0 Å². The lowest BCUT2D eigenvalue weighted by Gasteiger charge is -2.16. The first kappa shape index (κ1) is 14.0. The molecule has 2 heterocycles. The summed E-state index contributed by atoms with van der Waals surface area (Å²) in [7, 11) is 1.69. The van der Waals surface area contributed by atoms with Crippen molar-refractivity contribution in [2.75, 3.05) is 12.9 Å². The quantitative estimate of drug-likeness (QED) is 0.858. The molecule has 2 aromatic heterocycles. The molecule has 0 aromatic carbocycles. The number of nitrogens with one attached hydrogen (secondary N) is 1. The molecule has 0 radical (unpaired) electrons. The summed E-state index contributed by atoms with van der Waals surface area (Å²) in [6, 6.07) is 1.80. The lowest BCUT2D eigenvalue weighted by molar-refractivity contribution is -0.130. The zero-order chi connectivity index (χ0) is 13.8. The van der Waals surface area contributed by atoms with Gasteiger partial charge in [-0.2, -0.15) is 0 Å². The van der Waals surface area contributed by atoms with Crippen LogP contribution in [0.15, 0.2) is 16.2 Å². The van der Waals surface area contributed by atoms with Gasteiger partial charge in [0.05, 0.1) is 12.1 Å². The minimum atomic E-state index is -0.156. The molecule has 19 heavy (non-hydrogen) atoms. The first-order valence-electron chi connectivity index (χ1n) is 5.88. The van der Waals surface area contributed by atoms with E-state index in [0.29, 0.717) is 41.3 Å². The lowest BCUT2D eigenvalue weighted by Crippen LogP contribution is -2.28. The van der Waals surface area contributed by atoms with Gasteiger partial charge in [0.2, 0.25) is 5.91 Å². The SMILES string of the molecule is CN(Cc1nc2ccsc2c(=O)[nH]1)C(=O)CCCCl. The maximum Gasteiger partial charge on any atom is 0.268 e. The summed E-state index contributed by atoms with van der Waals surface area (Å²) in [4.78, 5) is 32.1. The van der Waals surface area contributed by atoms with Crippen LogP contribution in [0.1, 0.15) is 18.7 Å². The normalized spacial score (nSPS) is 10.8. The summed E-state index contributed by atoms with van der Waals surface area (Å²) >= 11 is 6.91. The largest absolute Gasteiger partial charge is 0.338 e. The molecular weight excluding hydrogens is 286 g/mol. The van der Waals surface area contributed by atoms with E-state index in [1.807, 2.05) is 5.38 Å². The molecule has 5 nitrogen and oxygen atoms in total. The third kappa shape index (κ3) is 3.33. The van der Waals surface area contributed by atoms with E-state index in [2.05, 4.69) is 9.97 Å². The van der Waals surface area contributed by atoms with Crippen molar-refractivity contribution in [3.63, 3.8) is 0 Å². The van der Waals surface area contributed by atoms with E-state index in [1.165, 1.54) is 11.3 Å². The Morgan fingerprint density at radius 3 is 3.11 bits per heavy atom. The average molecular weight is 300 g/mol. The number of thiophene rings is 1. The maximum absolute atomic E-state index is 11.8. The van der Waals surface area contributed by atoms with Crippen LogP contribution in [-0.4, -0.2) is 33.7 Å². The van der Waals surface area contributed by atoms with Crippen molar-refractivity contribution in [2.45, 2.75) is 19.4 Å². The number of hydrogen-bond acceptors (Lipinski definition) is 4. The Bertz CT molecular complexity index is 637. The summed E-state index contributed by atoms with van der Waals surface area (Å²) < 4.78 is 0.611. The van der Waals surface area contributed by atoms with E-state index in [9.17, 15) is 9.59 Å². The molecule has 0 unspecified atom stereocenters. The van der Waals surface area contributed by atoms with Crippen molar-refractivity contribution in [3.8, 4) is 0 Å². The van der Waals surface area contributed by atoms with Gasteiger partial charge >= 0.3 is 0 Å². The summed E-state index contributed by atoms with van der Waals surface area (Å²) in [6.07, 6.45) is 1.06. The van der Waals surface area contributed by atoms with Gasteiger partial charge in [-0.05, 0) is 17.9 Å². The Morgan fingerprint density at radius 1 is 1.58 bits per heavy atom. The Kier molecular flexibility index (Phi) is 4.55. The predicted molar refractivity (Wildman–Crippen MR) is 76.7 cm³/mol. The number of aromatic nitrogens is 2. The van der Waals surface area contributed by atoms with Crippen LogP contribution in [0.2, 0.25) is 0 Å². The molecule has 102 valence electrons. The Hall–Kier alpha value is -1.40. The lowest BCUT2D eigenvalue weighted by atomic mass is 10.3. The fraction of sp³-hybridized carbons (Fsp3) is 0.417. The van der Waals surface area contributed by atoms with Crippen LogP contribution in [0.3, 0.4) is 0 Å². The predicted octanol–water partition coefficient (Wildman–Crippen LogP) is 1.96. The number of H-pyrrole nitrogens is 1. The Balaban J connectivity index is 2.12. The van der Waals surface area contributed by atoms with Gasteiger partial charge in [0.1, 0.15) is 10.5 Å². The molecule has 0 saturated carbocycles. The van der Waals surface area contributed by atoms with E-state index in [1.54, 1.807) is 18.0 Å². The third-order valence-corrected chi connectivity index (χ3v) is 3.87. The highest BCUT2D eigenvalue weighted by atomic mass is 35.5. The van der Waals surface area contributed by atoms with E-state index in [-0.39, 0.29) is 11.5 Å². The van der Waals surface area contributed by atoms with Crippen LogP contribution in [0, 0.1) is 0 Å². The second-order valence-corrected chi connectivity index (χ2v) is 5.48. The second kappa shape index (κ2) is 6.16. The molecular formula is C12H14ClN3O2S. The van der Waals surface area contributed by atoms with Crippen LogP contribution in [0.25, 0.3) is 10.2 Å². The van der Waals surface area contributed by atoms with Crippen molar-refractivity contribution in [1.29, 1.82) is 0 Å². The Morgan fingerprint density at radius 2 is 2.37 bits per heavy atom. The van der Waals surface area contributed by atoms with Crippen LogP contribution < -0.4 is 5.56 Å².